The number of amides is 1. The average Bonchev–Trinajstić information content (AvgIpc) is 2.68. The number of guanidine groups is 1. The van der Waals surface area contributed by atoms with E-state index in [1.54, 1.807) is 0 Å². The van der Waals surface area contributed by atoms with Gasteiger partial charge in [0.25, 0.3) is 0 Å². The van der Waals surface area contributed by atoms with Gasteiger partial charge in [-0.25, -0.2) is 9.98 Å². The summed E-state index contributed by atoms with van der Waals surface area (Å²) in [6, 6.07) is 18.1. The molecule has 3 aromatic rings. The number of rotatable bonds is 5. The van der Waals surface area contributed by atoms with Crippen LogP contribution in [0.2, 0.25) is 0 Å². The highest BCUT2D eigenvalue weighted by atomic mass is 16.1. The number of hydrogen-bond acceptors (Lipinski definition) is 3. The van der Waals surface area contributed by atoms with Crippen molar-refractivity contribution in [1.82, 2.24) is 10.3 Å². The molecule has 138 valence electrons. The minimum absolute atomic E-state index is 0.0415. The molecule has 0 aliphatic heterocycles. The van der Waals surface area contributed by atoms with Gasteiger partial charge >= 0.3 is 0 Å². The molecule has 0 fully saturated rings. The number of carbonyl (C=O) groups excluding carboxylic acids is 1. The molecular formula is C22H24N4O. The predicted molar refractivity (Wildman–Crippen MR) is 111 cm³/mol. The number of pyridine rings is 1. The Morgan fingerprint density at radius 1 is 1.19 bits per heavy atom. The van der Waals surface area contributed by atoms with Crippen LogP contribution in [0.15, 0.2) is 59.6 Å². The van der Waals surface area contributed by atoms with Gasteiger partial charge in [0.15, 0.2) is 5.96 Å². The van der Waals surface area contributed by atoms with E-state index in [0.29, 0.717) is 12.1 Å². The molecule has 5 nitrogen and oxygen atoms in total. The molecule has 5 heteroatoms. The van der Waals surface area contributed by atoms with E-state index in [9.17, 15) is 4.79 Å². The summed E-state index contributed by atoms with van der Waals surface area (Å²) < 4.78 is 0. The summed E-state index contributed by atoms with van der Waals surface area (Å²) in [4.78, 5) is 19.9. The molecule has 0 radical (unpaired) electrons. The molecule has 1 aromatic heterocycles. The number of nitrogens with zero attached hydrogens (tertiary/aromatic N) is 2. The summed E-state index contributed by atoms with van der Waals surface area (Å²) in [7, 11) is 0. The number of aliphatic imine (C=N–C) groups is 1. The van der Waals surface area contributed by atoms with Crippen LogP contribution >= 0.6 is 0 Å². The van der Waals surface area contributed by atoms with E-state index in [0.717, 1.165) is 28.6 Å². The predicted octanol–water partition coefficient (Wildman–Crippen LogP) is 4.28. The maximum absolute atomic E-state index is 10.7. The molecule has 3 rings (SSSR count). The number of aromatic nitrogens is 1. The van der Waals surface area contributed by atoms with Gasteiger partial charge in [0.1, 0.15) is 0 Å². The Morgan fingerprint density at radius 2 is 1.93 bits per heavy atom. The fraction of sp³-hybridized carbons (Fsp3) is 0.227. The van der Waals surface area contributed by atoms with Crippen molar-refractivity contribution in [2.75, 3.05) is 0 Å². The molecule has 0 saturated heterocycles. The zero-order valence-corrected chi connectivity index (χ0v) is 15.9. The molecular weight excluding hydrogens is 336 g/mol. The summed E-state index contributed by atoms with van der Waals surface area (Å²) >= 11 is 0. The van der Waals surface area contributed by atoms with Crippen LogP contribution in [0, 0.1) is 0 Å². The van der Waals surface area contributed by atoms with Crippen molar-refractivity contribution < 1.29 is 4.79 Å². The molecule has 3 N–H and O–H groups in total. The molecule has 0 spiro atoms. The number of carbonyl (C=O) groups is 1. The highest BCUT2D eigenvalue weighted by Crippen LogP contribution is 2.34. The Kier molecular flexibility index (Phi) is 5.21. The first-order valence-corrected chi connectivity index (χ1v) is 8.99. The van der Waals surface area contributed by atoms with Crippen LogP contribution in [0.3, 0.4) is 0 Å². The Morgan fingerprint density at radius 3 is 2.59 bits per heavy atom. The number of benzene rings is 2. The van der Waals surface area contributed by atoms with E-state index in [-0.39, 0.29) is 11.4 Å². The van der Waals surface area contributed by atoms with Gasteiger partial charge < -0.3 is 5.73 Å². The Labute approximate surface area is 159 Å². The van der Waals surface area contributed by atoms with Gasteiger partial charge in [0, 0.05) is 10.9 Å². The summed E-state index contributed by atoms with van der Waals surface area (Å²) in [6.45, 7) is 6.60. The molecule has 0 aliphatic carbocycles. The Balaban J connectivity index is 2.25. The number of fused-ring (bicyclic) bond motifs is 1. The van der Waals surface area contributed by atoms with E-state index in [1.165, 1.54) is 5.56 Å². The van der Waals surface area contributed by atoms with Crippen LogP contribution in [0.5, 0.6) is 0 Å². The van der Waals surface area contributed by atoms with Gasteiger partial charge in [0.05, 0.1) is 16.9 Å². The topological polar surface area (TPSA) is 80.4 Å². The van der Waals surface area contributed by atoms with E-state index in [1.807, 2.05) is 42.5 Å². The third-order valence-electron chi connectivity index (χ3n) is 4.97. The fourth-order valence-electron chi connectivity index (χ4n) is 2.90. The fourth-order valence-corrected chi connectivity index (χ4v) is 2.90. The lowest BCUT2D eigenvalue weighted by Crippen LogP contribution is -2.29. The Hall–Kier alpha value is -3.21. The summed E-state index contributed by atoms with van der Waals surface area (Å²) in [5, 5.41) is 3.31. The second-order valence-electron chi connectivity index (χ2n) is 7.12. The Bertz CT molecular complexity index is 994. The van der Waals surface area contributed by atoms with Gasteiger partial charge in [-0.15, -0.1) is 0 Å². The largest absolute Gasteiger partial charge is 0.369 e. The first-order chi connectivity index (χ1) is 12.9. The minimum atomic E-state index is 0.0415. The molecule has 0 aliphatic rings. The third-order valence-corrected chi connectivity index (χ3v) is 4.97. The number of nitrogens with one attached hydrogen (secondary N) is 1. The number of nitrogens with two attached hydrogens (primary N) is 1. The van der Waals surface area contributed by atoms with Crippen LogP contribution in [-0.4, -0.2) is 17.4 Å². The lowest BCUT2D eigenvalue weighted by atomic mass is 9.81. The molecule has 1 amide bonds. The molecule has 0 atom stereocenters. The monoisotopic (exact) mass is 360 g/mol. The van der Waals surface area contributed by atoms with Crippen molar-refractivity contribution in [1.29, 1.82) is 0 Å². The van der Waals surface area contributed by atoms with Crippen molar-refractivity contribution in [3.63, 3.8) is 0 Å². The summed E-state index contributed by atoms with van der Waals surface area (Å²) in [5.41, 5.74) is 10.4. The van der Waals surface area contributed by atoms with E-state index in [4.69, 9.17) is 10.7 Å². The zero-order valence-electron chi connectivity index (χ0n) is 15.9. The molecule has 27 heavy (non-hydrogen) atoms. The van der Waals surface area contributed by atoms with Crippen LogP contribution in [0.25, 0.3) is 22.2 Å². The van der Waals surface area contributed by atoms with Crippen molar-refractivity contribution in [3.8, 4) is 11.3 Å². The van der Waals surface area contributed by atoms with E-state index in [2.05, 4.69) is 43.2 Å². The summed E-state index contributed by atoms with van der Waals surface area (Å²) in [5.74, 6) is 0.0525. The van der Waals surface area contributed by atoms with Crippen LogP contribution < -0.4 is 11.1 Å². The van der Waals surface area contributed by atoms with Gasteiger partial charge in [-0.1, -0.05) is 57.2 Å². The smallest absolute Gasteiger partial charge is 0.213 e. The van der Waals surface area contributed by atoms with Crippen molar-refractivity contribution >= 4 is 29.0 Å². The zero-order chi connectivity index (χ0) is 19.4. The lowest BCUT2D eigenvalue weighted by molar-refractivity contribution is -0.108. The van der Waals surface area contributed by atoms with Gasteiger partial charge in [-0.3, -0.25) is 10.1 Å². The van der Waals surface area contributed by atoms with Gasteiger partial charge in [0.2, 0.25) is 6.41 Å². The molecule has 1 heterocycles. The first-order valence-electron chi connectivity index (χ1n) is 8.99. The van der Waals surface area contributed by atoms with Crippen molar-refractivity contribution in [2.24, 2.45) is 10.7 Å². The molecule has 2 aromatic carbocycles. The maximum atomic E-state index is 10.7. The second-order valence-corrected chi connectivity index (χ2v) is 7.12. The minimum Gasteiger partial charge on any atom is -0.369 e. The van der Waals surface area contributed by atoms with Gasteiger partial charge in [-0.05, 0) is 35.6 Å². The lowest BCUT2D eigenvalue weighted by Gasteiger charge is -2.24. The third kappa shape index (κ3) is 3.97. The van der Waals surface area contributed by atoms with Gasteiger partial charge in [-0.2, -0.15) is 0 Å². The molecule has 0 unspecified atom stereocenters. The van der Waals surface area contributed by atoms with E-state index < -0.39 is 0 Å². The number of hydrogen-bond donors (Lipinski definition) is 2. The highest BCUT2D eigenvalue weighted by molar-refractivity contribution is 5.97. The quantitative estimate of drug-likeness (QED) is 0.405. The highest BCUT2D eigenvalue weighted by Gasteiger charge is 2.19. The normalized spacial score (nSPS) is 12.2. The SMILES string of the molecule is CCC(C)(C)c1ccc2nc(-c3ccccc3)cc(N=C(N)NC=O)c2c1. The first kappa shape index (κ1) is 18.6. The van der Waals surface area contributed by atoms with Crippen molar-refractivity contribution in [2.45, 2.75) is 32.6 Å². The van der Waals surface area contributed by atoms with Crippen LogP contribution in [-0.2, 0) is 10.2 Å². The van der Waals surface area contributed by atoms with Crippen LogP contribution in [0.4, 0.5) is 5.69 Å². The van der Waals surface area contributed by atoms with E-state index >= 15 is 0 Å². The average molecular weight is 360 g/mol. The van der Waals surface area contributed by atoms with Crippen molar-refractivity contribution in [3.05, 3.63) is 60.2 Å². The maximum Gasteiger partial charge on any atom is 0.213 e. The van der Waals surface area contributed by atoms with Crippen LogP contribution in [0.1, 0.15) is 32.8 Å². The standard InChI is InChI=1S/C22H24N4O/c1-4-22(2,3)16-10-11-18-17(12-16)20(26-21(23)24-14-27)13-19(25-18)15-8-6-5-7-9-15/h5-14H,4H2,1-3H3,(H3,23,24,25,26,27). The second kappa shape index (κ2) is 7.58. The molecule has 0 bridgehead atoms. The summed E-state index contributed by atoms with van der Waals surface area (Å²) in [6.07, 6.45) is 1.54. The molecule has 0 saturated carbocycles.